The maximum Gasteiger partial charge on any atom is 0.345 e. The van der Waals surface area contributed by atoms with Crippen molar-refractivity contribution < 1.29 is 19.2 Å². The molecule has 5 rings (SSSR count). The summed E-state index contributed by atoms with van der Waals surface area (Å²) in [5.74, 6) is 0.762. The Hall–Kier alpha value is -2.15. The van der Waals surface area contributed by atoms with E-state index in [1.807, 2.05) is 0 Å². The van der Waals surface area contributed by atoms with Crippen molar-refractivity contribution in [2.45, 2.75) is 57.1 Å². The van der Waals surface area contributed by atoms with Gasteiger partial charge in [-0.3, -0.25) is 14.9 Å². The van der Waals surface area contributed by atoms with E-state index in [9.17, 15) is 19.7 Å². The zero-order valence-corrected chi connectivity index (χ0v) is 16.4. The molecule has 0 unspecified atom stereocenters. The number of nitrogens with one attached hydrogen (secondary N) is 1. The molecular formula is C20H23ClN2O5. The molecule has 0 spiro atoms. The monoisotopic (exact) mass is 406 g/mol. The lowest BCUT2D eigenvalue weighted by Crippen LogP contribution is -2.61. The summed E-state index contributed by atoms with van der Waals surface area (Å²) in [7, 11) is 0. The Labute approximate surface area is 167 Å². The molecule has 1 atom stereocenters. The number of nitro groups is 1. The predicted molar refractivity (Wildman–Crippen MR) is 102 cm³/mol. The Morgan fingerprint density at radius 3 is 2.32 bits per heavy atom. The normalized spacial score (nSPS) is 31.3. The Balaban J connectivity index is 1.43. The van der Waals surface area contributed by atoms with E-state index in [0.29, 0.717) is 17.8 Å². The van der Waals surface area contributed by atoms with Crippen LogP contribution in [0.4, 0.5) is 5.69 Å². The van der Waals surface area contributed by atoms with Crippen molar-refractivity contribution in [2.75, 3.05) is 0 Å². The summed E-state index contributed by atoms with van der Waals surface area (Å²) >= 11 is 5.86. The molecule has 0 aliphatic heterocycles. The second kappa shape index (κ2) is 7.03. The minimum Gasteiger partial charge on any atom is -0.449 e. The van der Waals surface area contributed by atoms with Crippen molar-refractivity contribution in [3.05, 3.63) is 38.9 Å². The number of nitro benzene ring substituents is 1. The number of ether oxygens (including phenoxy) is 1. The van der Waals surface area contributed by atoms with Crippen molar-refractivity contribution in [1.82, 2.24) is 5.32 Å². The second-order valence-electron chi connectivity index (χ2n) is 8.65. The molecule has 1 amide bonds. The van der Waals surface area contributed by atoms with Crippen LogP contribution in [0.5, 0.6) is 0 Å². The molecule has 4 aliphatic rings. The van der Waals surface area contributed by atoms with Crippen molar-refractivity contribution in [3.63, 3.8) is 0 Å². The fourth-order valence-electron chi connectivity index (χ4n) is 5.74. The molecular weight excluding hydrogens is 384 g/mol. The third-order valence-corrected chi connectivity index (χ3v) is 6.69. The molecule has 7 nitrogen and oxygen atoms in total. The van der Waals surface area contributed by atoms with Crippen molar-refractivity contribution in [3.8, 4) is 0 Å². The van der Waals surface area contributed by atoms with Crippen LogP contribution in [0.2, 0.25) is 5.02 Å². The van der Waals surface area contributed by atoms with E-state index in [0.717, 1.165) is 25.3 Å². The zero-order chi connectivity index (χ0) is 20.1. The number of benzene rings is 1. The number of rotatable bonds is 5. The van der Waals surface area contributed by atoms with Crippen LogP contribution in [-0.2, 0) is 9.53 Å². The molecule has 0 radical (unpaired) electrons. The summed E-state index contributed by atoms with van der Waals surface area (Å²) in [6.45, 7) is 1.49. The highest BCUT2D eigenvalue weighted by Crippen LogP contribution is 2.55. The molecule has 4 aliphatic carbocycles. The van der Waals surface area contributed by atoms with Gasteiger partial charge in [0.05, 0.1) is 4.92 Å². The largest absolute Gasteiger partial charge is 0.449 e. The summed E-state index contributed by atoms with van der Waals surface area (Å²) in [5.41, 5.74) is -0.843. The molecule has 1 aromatic carbocycles. The van der Waals surface area contributed by atoms with Gasteiger partial charge < -0.3 is 10.1 Å². The van der Waals surface area contributed by atoms with Crippen LogP contribution in [0.15, 0.2) is 18.2 Å². The number of esters is 1. The molecule has 4 bridgehead atoms. The number of amides is 1. The number of hydrogen-bond donors (Lipinski definition) is 1. The first kappa shape index (κ1) is 19.2. The topological polar surface area (TPSA) is 98.5 Å². The standard InChI is InChI=1S/C20H23ClN2O5/c1-11(28-19(25)16-7-15(21)2-3-17(16)23(26)27)18(24)22-20-8-12-4-13(9-20)6-14(5-12)10-20/h2-3,7,11-14H,4-6,8-10H2,1H3,(H,22,24)/t11-,12?,13?,14?,20?/m0/s1. The second-order valence-corrected chi connectivity index (χ2v) is 9.09. The van der Waals surface area contributed by atoms with Crippen LogP contribution in [0, 0.1) is 27.9 Å². The first-order chi connectivity index (χ1) is 13.2. The van der Waals surface area contributed by atoms with Crippen molar-refractivity contribution in [1.29, 1.82) is 0 Å². The third-order valence-electron chi connectivity index (χ3n) is 6.45. The smallest absolute Gasteiger partial charge is 0.345 e. The average Bonchev–Trinajstić information content (AvgIpc) is 2.59. The van der Waals surface area contributed by atoms with Gasteiger partial charge in [0.25, 0.3) is 11.6 Å². The fourth-order valence-corrected chi connectivity index (χ4v) is 5.91. The molecule has 150 valence electrons. The van der Waals surface area contributed by atoms with Gasteiger partial charge in [0.15, 0.2) is 6.10 Å². The van der Waals surface area contributed by atoms with Crippen LogP contribution in [0.3, 0.4) is 0 Å². The Morgan fingerprint density at radius 1 is 1.21 bits per heavy atom. The van der Waals surface area contributed by atoms with Gasteiger partial charge in [-0.05, 0) is 75.3 Å². The lowest BCUT2D eigenvalue weighted by Gasteiger charge is -2.57. The maximum atomic E-state index is 12.7. The highest BCUT2D eigenvalue weighted by molar-refractivity contribution is 6.31. The summed E-state index contributed by atoms with van der Waals surface area (Å²) in [6, 6.07) is 3.67. The van der Waals surface area contributed by atoms with Gasteiger partial charge in [-0.1, -0.05) is 11.6 Å². The molecule has 4 fully saturated rings. The number of halogens is 1. The SMILES string of the molecule is C[C@H](OC(=O)c1cc(Cl)ccc1[N+](=O)[O-])C(=O)NC12CC3CC(CC(C3)C1)C2. The third kappa shape index (κ3) is 3.60. The molecule has 4 saturated carbocycles. The average molecular weight is 407 g/mol. The van der Waals surface area contributed by atoms with Gasteiger partial charge >= 0.3 is 5.97 Å². The van der Waals surface area contributed by atoms with Crippen LogP contribution in [-0.4, -0.2) is 28.4 Å². The highest BCUT2D eigenvalue weighted by Gasteiger charge is 2.51. The van der Waals surface area contributed by atoms with E-state index in [-0.39, 0.29) is 22.0 Å². The minimum atomic E-state index is -1.04. The first-order valence-corrected chi connectivity index (χ1v) is 10.1. The summed E-state index contributed by atoms with van der Waals surface area (Å²) in [4.78, 5) is 35.6. The Bertz CT molecular complexity index is 805. The van der Waals surface area contributed by atoms with Crippen LogP contribution in [0.25, 0.3) is 0 Å². The van der Waals surface area contributed by atoms with Gasteiger partial charge in [-0.15, -0.1) is 0 Å². The molecule has 1 N–H and O–H groups in total. The minimum absolute atomic E-state index is 0.184. The number of hydrogen-bond acceptors (Lipinski definition) is 5. The lowest BCUT2D eigenvalue weighted by molar-refractivity contribution is -0.385. The van der Waals surface area contributed by atoms with E-state index in [4.69, 9.17) is 16.3 Å². The molecule has 1 aromatic rings. The predicted octanol–water partition coefficient (Wildman–Crippen LogP) is 3.88. The maximum absolute atomic E-state index is 12.7. The summed E-state index contributed by atoms with van der Waals surface area (Å²) in [6.07, 6.45) is 5.72. The molecule has 8 heteroatoms. The number of nitrogens with zero attached hydrogens (tertiary/aromatic N) is 1. The molecule has 0 saturated heterocycles. The van der Waals surface area contributed by atoms with E-state index >= 15 is 0 Å². The van der Waals surface area contributed by atoms with Gasteiger partial charge in [0, 0.05) is 16.6 Å². The van der Waals surface area contributed by atoms with Crippen LogP contribution in [0.1, 0.15) is 55.8 Å². The fraction of sp³-hybridized carbons (Fsp3) is 0.600. The molecule has 28 heavy (non-hydrogen) atoms. The van der Waals surface area contributed by atoms with E-state index in [1.54, 1.807) is 0 Å². The Kier molecular flexibility index (Phi) is 4.81. The quantitative estimate of drug-likeness (QED) is 0.454. The van der Waals surface area contributed by atoms with Gasteiger partial charge in [0.1, 0.15) is 5.56 Å². The first-order valence-electron chi connectivity index (χ1n) is 9.71. The molecule has 0 heterocycles. The van der Waals surface area contributed by atoms with Crippen molar-refractivity contribution in [2.24, 2.45) is 17.8 Å². The van der Waals surface area contributed by atoms with E-state index < -0.39 is 22.7 Å². The summed E-state index contributed by atoms with van der Waals surface area (Å²) in [5, 5.41) is 14.5. The van der Waals surface area contributed by atoms with Crippen molar-refractivity contribution >= 4 is 29.2 Å². The zero-order valence-electron chi connectivity index (χ0n) is 15.7. The molecule has 0 aromatic heterocycles. The van der Waals surface area contributed by atoms with E-state index in [1.165, 1.54) is 38.3 Å². The highest BCUT2D eigenvalue weighted by atomic mass is 35.5. The van der Waals surface area contributed by atoms with E-state index in [2.05, 4.69) is 5.32 Å². The van der Waals surface area contributed by atoms with Gasteiger partial charge in [0.2, 0.25) is 0 Å². The van der Waals surface area contributed by atoms with Crippen LogP contribution < -0.4 is 5.32 Å². The van der Waals surface area contributed by atoms with Gasteiger partial charge in [-0.2, -0.15) is 0 Å². The Morgan fingerprint density at radius 2 is 1.79 bits per heavy atom. The van der Waals surface area contributed by atoms with Crippen LogP contribution >= 0.6 is 11.6 Å². The number of carbonyl (C=O) groups is 2. The lowest BCUT2D eigenvalue weighted by atomic mass is 9.53. The summed E-state index contributed by atoms with van der Waals surface area (Å²) < 4.78 is 5.24. The number of carbonyl (C=O) groups excluding carboxylic acids is 2. The van der Waals surface area contributed by atoms with Gasteiger partial charge in [-0.25, -0.2) is 4.79 Å².